The van der Waals surface area contributed by atoms with Crippen LogP contribution >= 0.6 is 11.9 Å². The van der Waals surface area contributed by atoms with Gasteiger partial charge in [-0.15, -0.1) is 0 Å². The molecule has 7 nitrogen and oxygen atoms in total. The Morgan fingerprint density at radius 1 is 1.16 bits per heavy atom. The standard InChI is InChI=1S/C17H30N4O3S/c1-4-7-9-10-11-18-17(23)20-25-15-14(16(22)24-6-3)13-21(19-15)12-8-5-2/h13H,4-12H2,1-3H3,(H2,18,20,23). The second-order valence-electron chi connectivity index (χ2n) is 5.71. The summed E-state index contributed by atoms with van der Waals surface area (Å²) in [5.41, 5.74) is 0.381. The molecule has 0 saturated carbocycles. The van der Waals surface area contributed by atoms with Crippen molar-refractivity contribution in [3.63, 3.8) is 0 Å². The van der Waals surface area contributed by atoms with Crippen LogP contribution in [0.25, 0.3) is 0 Å². The van der Waals surface area contributed by atoms with Crippen molar-refractivity contribution >= 4 is 23.9 Å². The first kappa shape index (κ1) is 21.3. The van der Waals surface area contributed by atoms with E-state index in [2.05, 4.69) is 29.0 Å². The van der Waals surface area contributed by atoms with Crippen LogP contribution in [0.1, 0.15) is 69.7 Å². The SMILES string of the molecule is CCCCCCNC(=O)NSc1nn(CCCC)cc1C(=O)OCC. The van der Waals surface area contributed by atoms with Gasteiger partial charge in [0.15, 0.2) is 5.03 Å². The first-order chi connectivity index (χ1) is 12.1. The van der Waals surface area contributed by atoms with Crippen LogP contribution in [0.15, 0.2) is 11.2 Å². The second kappa shape index (κ2) is 12.6. The zero-order valence-corrected chi connectivity index (χ0v) is 16.3. The van der Waals surface area contributed by atoms with Crippen molar-refractivity contribution in [3.05, 3.63) is 11.8 Å². The fourth-order valence-electron chi connectivity index (χ4n) is 2.15. The summed E-state index contributed by atoms with van der Waals surface area (Å²) in [6, 6.07) is -0.278. The number of hydrogen-bond donors (Lipinski definition) is 2. The molecule has 142 valence electrons. The van der Waals surface area contributed by atoms with E-state index in [1.54, 1.807) is 17.8 Å². The van der Waals surface area contributed by atoms with E-state index in [-0.39, 0.29) is 6.03 Å². The molecule has 1 rings (SSSR count). The average molecular weight is 371 g/mol. The van der Waals surface area contributed by atoms with E-state index in [9.17, 15) is 9.59 Å². The number of esters is 1. The van der Waals surface area contributed by atoms with Gasteiger partial charge in [0.1, 0.15) is 5.56 Å². The average Bonchev–Trinajstić information content (AvgIpc) is 3.01. The molecule has 0 aromatic carbocycles. The Morgan fingerprint density at radius 2 is 1.92 bits per heavy atom. The largest absolute Gasteiger partial charge is 0.462 e. The molecule has 0 spiro atoms. The van der Waals surface area contributed by atoms with Crippen molar-refractivity contribution in [3.8, 4) is 0 Å². The van der Waals surface area contributed by atoms with Crippen molar-refractivity contribution in [2.45, 2.75) is 70.9 Å². The summed E-state index contributed by atoms with van der Waals surface area (Å²) < 4.78 is 9.47. The number of aromatic nitrogens is 2. The quantitative estimate of drug-likeness (QED) is 0.332. The van der Waals surface area contributed by atoms with Crippen molar-refractivity contribution in [2.24, 2.45) is 0 Å². The molecule has 0 saturated heterocycles. The first-order valence-corrected chi connectivity index (χ1v) is 9.89. The molecular formula is C17H30N4O3S. The van der Waals surface area contributed by atoms with Gasteiger partial charge in [-0.05, 0) is 19.8 Å². The number of hydrogen-bond acceptors (Lipinski definition) is 5. The highest BCUT2D eigenvalue weighted by molar-refractivity contribution is 7.98. The highest BCUT2D eigenvalue weighted by Crippen LogP contribution is 2.19. The Hall–Kier alpha value is -1.70. The van der Waals surface area contributed by atoms with Gasteiger partial charge in [-0.2, -0.15) is 5.10 Å². The normalized spacial score (nSPS) is 10.5. The van der Waals surface area contributed by atoms with Gasteiger partial charge in [0.2, 0.25) is 0 Å². The van der Waals surface area contributed by atoms with E-state index < -0.39 is 5.97 Å². The molecular weight excluding hydrogens is 340 g/mol. The van der Waals surface area contributed by atoms with Crippen LogP contribution in [0.5, 0.6) is 0 Å². The number of carbonyl (C=O) groups excluding carboxylic acids is 2. The number of urea groups is 1. The van der Waals surface area contributed by atoms with Crippen molar-refractivity contribution < 1.29 is 14.3 Å². The minimum Gasteiger partial charge on any atom is -0.462 e. The van der Waals surface area contributed by atoms with Crippen molar-refractivity contribution in [1.29, 1.82) is 0 Å². The monoisotopic (exact) mass is 370 g/mol. The highest BCUT2D eigenvalue weighted by Gasteiger charge is 2.19. The molecule has 1 aromatic rings. The Morgan fingerprint density at radius 3 is 2.60 bits per heavy atom. The van der Waals surface area contributed by atoms with Crippen LogP contribution in [-0.4, -0.2) is 34.9 Å². The number of ether oxygens (including phenoxy) is 1. The third-order valence-corrected chi connectivity index (χ3v) is 4.30. The van der Waals surface area contributed by atoms with Crippen molar-refractivity contribution in [1.82, 2.24) is 19.8 Å². The summed E-state index contributed by atoms with van der Waals surface area (Å²) in [5, 5.41) is 7.64. The third-order valence-electron chi connectivity index (χ3n) is 3.52. The molecule has 1 heterocycles. The van der Waals surface area contributed by atoms with Crippen LogP contribution in [0.3, 0.4) is 0 Å². The predicted octanol–water partition coefficient (Wildman–Crippen LogP) is 3.75. The minimum absolute atomic E-state index is 0.278. The van der Waals surface area contributed by atoms with Gasteiger partial charge in [0, 0.05) is 31.2 Å². The van der Waals surface area contributed by atoms with E-state index in [0.29, 0.717) is 23.7 Å². The van der Waals surface area contributed by atoms with Gasteiger partial charge >= 0.3 is 12.0 Å². The topological polar surface area (TPSA) is 85.3 Å². The van der Waals surface area contributed by atoms with E-state index in [1.165, 1.54) is 12.8 Å². The summed E-state index contributed by atoms with van der Waals surface area (Å²) in [6.07, 6.45) is 8.11. The molecule has 2 amide bonds. The first-order valence-electron chi connectivity index (χ1n) is 9.07. The number of amides is 2. The maximum atomic E-state index is 12.1. The number of aryl methyl sites for hydroxylation is 1. The molecule has 0 atom stereocenters. The molecule has 0 unspecified atom stereocenters. The lowest BCUT2D eigenvalue weighted by Gasteiger charge is -2.06. The zero-order valence-electron chi connectivity index (χ0n) is 15.5. The van der Waals surface area contributed by atoms with E-state index in [1.807, 2.05) is 0 Å². The third kappa shape index (κ3) is 8.29. The van der Waals surface area contributed by atoms with Crippen LogP contribution in [0.2, 0.25) is 0 Å². The molecule has 2 N–H and O–H groups in total. The van der Waals surface area contributed by atoms with Gasteiger partial charge in [-0.1, -0.05) is 39.5 Å². The number of unbranched alkanes of at least 4 members (excludes halogenated alkanes) is 4. The van der Waals surface area contributed by atoms with Crippen LogP contribution < -0.4 is 10.0 Å². The lowest BCUT2D eigenvalue weighted by molar-refractivity contribution is 0.0522. The van der Waals surface area contributed by atoms with Crippen LogP contribution in [0, 0.1) is 0 Å². The van der Waals surface area contributed by atoms with Crippen molar-refractivity contribution in [2.75, 3.05) is 13.2 Å². The molecule has 0 bridgehead atoms. The van der Waals surface area contributed by atoms with Crippen LogP contribution in [-0.2, 0) is 11.3 Å². The minimum atomic E-state index is -0.422. The smallest absolute Gasteiger partial charge is 0.342 e. The summed E-state index contributed by atoms with van der Waals surface area (Å²) in [7, 11) is 0. The van der Waals surface area contributed by atoms with E-state index in [0.717, 1.165) is 44.2 Å². The highest BCUT2D eigenvalue weighted by atomic mass is 32.2. The summed E-state index contributed by atoms with van der Waals surface area (Å²) in [4.78, 5) is 23.9. The predicted molar refractivity (Wildman–Crippen MR) is 99.6 cm³/mol. The fourth-order valence-corrected chi connectivity index (χ4v) is 2.80. The van der Waals surface area contributed by atoms with Gasteiger partial charge in [-0.25, -0.2) is 9.59 Å². The molecule has 0 aliphatic carbocycles. The van der Waals surface area contributed by atoms with Gasteiger partial charge in [0.25, 0.3) is 0 Å². The lowest BCUT2D eigenvalue weighted by Crippen LogP contribution is -2.32. The summed E-state index contributed by atoms with van der Waals surface area (Å²) >= 11 is 1.04. The Labute approximate surface area is 154 Å². The lowest BCUT2D eigenvalue weighted by atomic mass is 10.2. The van der Waals surface area contributed by atoms with Gasteiger partial charge < -0.3 is 10.1 Å². The van der Waals surface area contributed by atoms with E-state index in [4.69, 9.17) is 4.74 Å². The molecule has 0 radical (unpaired) electrons. The van der Waals surface area contributed by atoms with E-state index >= 15 is 0 Å². The summed E-state index contributed by atoms with van der Waals surface area (Å²) in [5.74, 6) is -0.422. The Balaban J connectivity index is 2.55. The van der Waals surface area contributed by atoms with Gasteiger partial charge in [0.05, 0.1) is 6.61 Å². The molecule has 0 aliphatic heterocycles. The molecule has 25 heavy (non-hydrogen) atoms. The summed E-state index contributed by atoms with van der Waals surface area (Å²) in [6.45, 7) is 7.68. The number of rotatable bonds is 12. The number of nitrogens with one attached hydrogen (secondary N) is 2. The Bertz CT molecular complexity index is 534. The molecule has 0 aliphatic rings. The van der Waals surface area contributed by atoms with Crippen LogP contribution in [0.4, 0.5) is 4.79 Å². The molecule has 1 aromatic heterocycles. The Kier molecular flexibility index (Phi) is 10.8. The fraction of sp³-hybridized carbons (Fsp3) is 0.706. The maximum absolute atomic E-state index is 12.1. The zero-order chi connectivity index (χ0) is 18.5. The molecule has 0 fully saturated rings. The van der Waals surface area contributed by atoms with Gasteiger partial charge in [-0.3, -0.25) is 9.40 Å². The number of nitrogens with zero attached hydrogens (tertiary/aromatic N) is 2. The maximum Gasteiger partial charge on any atom is 0.342 e. The molecule has 8 heteroatoms. The second-order valence-corrected chi connectivity index (χ2v) is 6.50. The number of carbonyl (C=O) groups is 2.